The molecule has 2 aromatic rings. The summed E-state index contributed by atoms with van der Waals surface area (Å²) in [5.41, 5.74) is 10.1. The summed E-state index contributed by atoms with van der Waals surface area (Å²) < 4.78 is 5.91. The molecule has 3 rings (SSSR count). The molecular weight excluding hydrogens is 280 g/mol. The zero-order chi connectivity index (χ0) is 14.8. The number of aromatic nitrogens is 1. The number of hydrogen-bond acceptors (Lipinski definition) is 3. The van der Waals surface area contributed by atoms with Gasteiger partial charge in [0.15, 0.2) is 0 Å². The third-order valence-electron chi connectivity index (χ3n) is 3.77. The number of nitrogens with zero attached hydrogens (tertiary/aromatic N) is 1. The van der Waals surface area contributed by atoms with Gasteiger partial charge in [0.25, 0.3) is 0 Å². The van der Waals surface area contributed by atoms with Crippen molar-refractivity contribution in [1.29, 1.82) is 0 Å². The van der Waals surface area contributed by atoms with Gasteiger partial charge >= 0.3 is 0 Å². The molecule has 2 N–H and O–H groups in total. The van der Waals surface area contributed by atoms with Crippen LogP contribution in [-0.2, 0) is 12.8 Å². The van der Waals surface area contributed by atoms with E-state index in [0.717, 1.165) is 29.8 Å². The van der Waals surface area contributed by atoms with Crippen LogP contribution in [0.15, 0.2) is 30.3 Å². The van der Waals surface area contributed by atoms with Crippen LogP contribution >= 0.6 is 12.2 Å². The Balaban J connectivity index is 1.99. The molecule has 1 aromatic heterocycles. The molecule has 0 atom stereocenters. The van der Waals surface area contributed by atoms with Crippen molar-refractivity contribution in [2.24, 2.45) is 5.73 Å². The highest BCUT2D eigenvalue weighted by molar-refractivity contribution is 7.80. The molecule has 21 heavy (non-hydrogen) atoms. The van der Waals surface area contributed by atoms with Gasteiger partial charge in [-0.05, 0) is 56.4 Å². The van der Waals surface area contributed by atoms with Gasteiger partial charge in [0, 0.05) is 5.69 Å². The first-order valence-corrected chi connectivity index (χ1v) is 7.61. The Morgan fingerprint density at radius 1 is 1.19 bits per heavy atom. The standard InChI is InChI=1S/C17H18N2OS/c1-11-6-8-13(9-7-11)20-17-14(16(18)21)10-12-4-2-3-5-15(12)19-17/h6-10H,2-5H2,1H3,(H2,18,21). The number of benzene rings is 1. The molecule has 0 saturated carbocycles. The Labute approximate surface area is 130 Å². The minimum absolute atomic E-state index is 0.331. The number of rotatable bonds is 3. The largest absolute Gasteiger partial charge is 0.438 e. The second-order valence-corrected chi connectivity index (χ2v) is 5.87. The molecule has 1 heterocycles. The Morgan fingerprint density at radius 2 is 1.90 bits per heavy atom. The fraction of sp³-hybridized carbons (Fsp3) is 0.294. The zero-order valence-electron chi connectivity index (χ0n) is 12.1. The Kier molecular flexibility index (Phi) is 3.88. The summed E-state index contributed by atoms with van der Waals surface area (Å²) >= 11 is 5.15. The molecule has 1 aliphatic rings. The summed E-state index contributed by atoms with van der Waals surface area (Å²) in [5.74, 6) is 1.27. The molecule has 0 amide bonds. The number of thiocarbonyl (C=S) groups is 1. The summed E-state index contributed by atoms with van der Waals surface area (Å²) in [6.07, 6.45) is 4.42. The lowest BCUT2D eigenvalue weighted by molar-refractivity contribution is 0.457. The quantitative estimate of drug-likeness (QED) is 0.878. The normalized spacial score (nSPS) is 13.6. The number of nitrogens with two attached hydrogens (primary N) is 1. The first-order valence-electron chi connectivity index (χ1n) is 7.20. The van der Waals surface area contributed by atoms with Gasteiger partial charge in [-0.1, -0.05) is 29.9 Å². The minimum Gasteiger partial charge on any atom is -0.438 e. The molecular formula is C17H18N2OS. The Morgan fingerprint density at radius 3 is 2.62 bits per heavy atom. The first-order chi connectivity index (χ1) is 10.1. The van der Waals surface area contributed by atoms with Gasteiger partial charge in [0.2, 0.25) is 5.88 Å². The number of aryl methyl sites for hydroxylation is 3. The van der Waals surface area contributed by atoms with E-state index in [4.69, 9.17) is 22.7 Å². The van der Waals surface area contributed by atoms with Crippen LogP contribution in [0.2, 0.25) is 0 Å². The molecule has 3 nitrogen and oxygen atoms in total. The van der Waals surface area contributed by atoms with Gasteiger partial charge in [-0.3, -0.25) is 0 Å². The predicted octanol–water partition coefficient (Wildman–Crippen LogP) is 3.70. The van der Waals surface area contributed by atoms with E-state index < -0.39 is 0 Å². The molecule has 0 bridgehead atoms. The summed E-state index contributed by atoms with van der Waals surface area (Å²) in [6.45, 7) is 2.04. The molecule has 0 unspecified atom stereocenters. The van der Waals surface area contributed by atoms with Crippen molar-refractivity contribution >= 4 is 17.2 Å². The van der Waals surface area contributed by atoms with Crippen LogP contribution in [0.1, 0.15) is 35.2 Å². The SMILES string of the molecule is Cc1ccc(Oc2nc3c(cc2C(N)=S)CCCC3)cc1. The maximum absolute atomic E-state index is 5.91. The predicted molar refractivity (Wildman–Crippen MR) is 88.0 cm³/mol. The van der Waals surface area contributed by atoms with E-state index in [9.17, 15) is 0 Å². The van der Waals surface area contributed by atoms with Crippen molar-refractivity contribution in [2.75, 3.05) is 0 Å². The van der Waals surface area contributed by atoms with Crippen molar-refractivity contribution in [3.63, 3.8) is 0 Å². The highest BCUT2D eigenvalue weighted by atomic mass is 32.1. The van der Waals surface area contributed by atoms with Crippen LogP contribution in [0.5, 0.6) is 11.6 Å². The number of pyridine rings is 1. The van der Waals surface area contributed by atoms with Crippen molar-refractivity contribution in [2.45, 2.75) is 32.6 Å². The van der Waals surface area contributed by atoms with Gasteiger partial charge in [0.1, 0.15) is 10.7 Å². The highest BCUT2D eigenvalue weighted by Crippen LogP contribution is 2.29. The van der Waals surface area contributed by atoms with Crippen LogP contribution in [0, 0.1) is 6.92 Å². The average molecular weight is 298 g/mol. The molecule has 1 aromatic carbocycles. The maximum Gasteiger partial charge on any atom is 0.229 e. The van der Waals surface area contributed by atoms with E-state index >= 15 is 0 Å². The van der Waals surface area contributed by atoms with E-state index in [-0.39, 0.29) is 0 Å². The van der Waals surface area contributed by atoms with Crippen molar-refractivity contribution in [3.8, 4) is 11.6 Å². The molecule has 1 aliphatic carbocycles. The summed E-state index contributed by atoms with van der Waals surface area (Å²) in [5, 5.41) is 0. The van der Waals surface area contributed by atoms with Gasteiger partial charge in [-0.15, -0.1) is 0 Å². The maximum atomic E-state index is 5.91. The topological polar surface area (TPSA) is 48.1 Å². The molecule has 0 aliphatic heterocycles. The van der Waals surface area contributed by atoms with Crippen molar-refractivity contribution in [3.05, 3.63) is 52.7 Å². The summed E-state index contributed by atoms with van der Waals surface area (Å²) in [7, 11) is 0. The lowest BCUT2D eigenvalue weighted by Gasteiger charge is -2.18. The second kappa shape index (κ2) is 5.82. The molecule has 0 fully saturated rings. The van der Waals surface area contributed by atoms with Crippen LogP contribution in [0.25, 0.3) is 0 Å². The number of ether oxygens (including phenoxy) is 1. The minimum atomic E-state index is 0.331. The van der Waals surface area contributed by atoms with E-state index in [0.29, 0.717) is 10.9 Å². The van der Waals surface area contributed by atoms with Gasteiger partial charge in [-0.25, -0.2) is 4.98 Å². The Hall–Kier alpha value is -1.94. The molecule has 0 spiro atoms. The van der Waals surface area contributed by atoms with E-state index in [1.807, 2.05) is 37.3 Å². The lowest BCUT2D eigenvalue weighted by Crippen LogP contribution is -2.15. The van der Waals surface area contributed by atoms with E-state index in [1.54, 1.807) is 0 Å². The van der Waals surface area contributed by atoms with Crippen LogP contribution in [0.4, 0.5) is 0 Å². The smallest absolute Gasteiger partial charge is 0.229 e. The Bertz CT molecular complexity index is 680. The molecule has 0 saturated heterocycles. The zero-order valence-corrected chi connectivity index (χ0v) is 12.9. The van der Waals surface area contributed by atoms with Crippen LogP contribution in [0.3, 0.4) is 0 Å². The third kappa shape index (κ3) is 3.05. The van der Waals surface area contributed by atoms with Crippen LogP contribution in [-0.4, -0.2) is 9.97 Å². The first kappa shape index (κ1) is 14.0. The van der Waals surface area contributed by atoms with Crippen LogP contribution < -0.4 is 10.5 Å². The number of hydrogen-bond donors (Lipinski definition) is 1. The second-order valence-electron chi connectivity index (χ2n) is 5.43. The van der Waals surface area contributed by atoms with E-state index in [2.05, 4.69) is 4.98 Å². The molecule has 4 heteroatoms. The fourth-order valence-electron chi connectivity index (χ4n) is 2.59. The lowest BCUT2D eigenvalue weighted by atomic mass is 9.95. The van der Waals surface area contributed by atoms with Gasteiger partial charge in [-0.2, -0.15) is 0 Å². The molecule has 108 valence electrons. The third-order valence-corrected chi connectivity index (χ3v) is 3.99. The summed E-state index contributed by atoms with van der Waals surface area (Å²) in [4.78, 5) is 4.99. The fourth-order valence-corrected chi connectivity index (χ4v) is 2.73. The van der Waals surface area contributed by atoms with E-state index in [1.165, 1.54) is 24.0 Å². The highest BCUT2D eigenvalue weighted by Gasteiger charge is 2.17. The average Bonchev–Trinajstić information content (AvgIpc) is 2.48. The van der Waals surface area contributed by atoms with Gasteiger partial charge in [0.05, 0.1) is 5.56 Å². The molecule has 0 radical (unpaired) electrons. The van der Waals surface area contributed by atoms with Crippen molar-refractivity contribution in [1.82, 2.24) is 4.98 Å². The van der Waals surface area contributed by atoms with Crippen molar-refractivity contribution < 1.29 is 4.74 Å². The monoisotopic (exact) mass is 298 g/mol. The van der Waals surface area contributed by atoms with Gasteiger partial charge < -0.3 is 10.5 Å². The number of fused-ring (bicyclic) bond motifs is 1. The summed E-state index contributed by atoms with van der Waals surface area (Å²) in [6, 6.07) is 9.93.